The molecule has 1 aromatic heterocycles. The van der Waals surface area contributed by atoms with Gasteiger partial charge in [-0.15, -0.1) is 0 Å². The van der Waals surface area contributed by atoms with Gasteiger partial charge in [0, 0.05) is 24.0 Å². The number of fused-ring (bicyclic) bond motifs is 1. The van der Waals surface area contributed by atoms with Gasteiger partial charge in [-0.2, -0.15) is 0 Å². The zero-order chi connectivity index (χ0) is 23.4. The summed E-state index contributed by atoms with van der Waals surface area (Å²) in [7, 11) is 1.51. The molecule has 7 heteroatoms. The van der Waals surface area contributed by atoms with Crippen LogP contribution in [0.3, 0.4) is 0 Å². The van der Waals surface area contributed by atoms with Crippen LogP contribution in [0.15, 0.2) is 71.9 Å². The number of nitrogens with two attached hydrogens (primary N) is 1. The van der Waals surface area contributed by atoms with Gasteiger partial charge in [-0.25, -0.2) is 9.98 Å². The molecule has 1 aliphatic heterocycles. The molecule has 1 saturated heterocycles. The van der Waals surface area contributed by atoms with Crippen molar-refractivity contribution in [3.8, 4) is 11.1 Å². The summed E-state index contributed by atoms with van der Waals surface area (Å²) in [5.41, 5.74) is 8.58. The summed E-state index contributed by atoms with van der Waals surface area (Å²) in [6.07, 6.45) is 4.83. The molecule has 2 fully saturated rings. The van der Waals surface area contributed by atoms with Crippen molar-refractivity contribution >= 4 is 12.1 Å². The fraction of sp³-hybridized carbons (Fsp3) is 0.346. The van der Waals surface area contributed by atoms with Crippen molar-refractivity contribution in [2.24, 2.45) is 22.6 Å². The van der Waals surface area contributed by atoms with Crippen molar-refractivity contribution in [3.63, 3.8) is 0 Å². The number of methoxy groups -OCH3 is 1. The van der Waals surface area contributed by atoms with Gasteiger partial charge in [0.2, 0.25) is 5.88 Å². The predicted octanol–water partition coefficient (Wildman–Crippen LogP) is 3.91. The number of nitrogens with zero attached hydrogens (tertiary/aromatic N) is 3. The third-order valence-corrected chi connectivity index (χ3v) is 6.28. The summed E-state index contributed by atoms with van der Waals surface area (Å²) in [6, 6.07) is 13.8. The molecule has 33 heavy (non-hydrogen) atoms. The van der Waals surface area contributed by atoms with Crippen molar-refractivity contribution in [2.45, 2.75) is 25.8 Å². The largest absolute Gasteiger partial charge is 0.494 e. The molecule has 2 heterocycles. The lowest BCUT2D eigenvalue weighted by atomic mass is 9.99. The van der Waals surface area contributed by atoms with Gasteiger partial charge in [0.25, 0.3) is 5.91 Å². The number of aliphatic imine (C=N–C) groups is 1. The van der Waals surface area contributed by atoms with E-state index in [9.17, 15) is 4.79 Å². The molecule has 7 nitrogen and oxygen atoms in total. The second-order valence-electron chi connectivity index (χ2n) is 8.55. The molecule has 4 rings (SSSR count). The van der Waals surface area contributed by atoms with E-state index in [1.54, 1.807) is 0 Å². The molecule has 1 aromatic carbocycles. The molecule has 3 atom stereocenters. The molecule has 0 radical (unpaired) electrons. The van der Waals surface area contributed by atoms with E-state index in [0.717, 1.165) is 36.2 Å². The molecule has 172 valence electrons. The Morgan fingerprint density at radius 3 is 2.76 bits per heavy atom. The van der Waals surface area contributed by atoms with Gasteiger partial charge in [0.1, 0.15) is 12.3 Å². The number of pyridine rings is 1. The third-order valence-electron chi connectivity index (χ3n) is 6.28. The van der Waals surface area contributed by atoms with E-state index in [2.05, 4.69) is 16.6 Å². The van der Waals surface area contributed by atoms with Crippen LogP contribution >= 0.6 is 0 Å². The van der Waals surface area contributed by atoms with Crippen LogP contribution in [-0.2, 0) is 9.47 Å². The molecule has 2 aromatic rings. The average Bonchev–Trinajstić information content (AvgIpc) is 3.61. The zero-order valence-electron chi connectivity index (χ0n) is 19.1. The topological polar surface area (TPSA) is 90.0 Å². The van der Waals surface area contributed by atoms with Crippen molar-refractivity contribution < 1.29 is 14.3 Å². The Balaban J connectivity index is 1.53. The van der Waals surface area contributed by atoms with Crippen LogP contribution in [0.25, 0.3) is 11.1 Å². The molecule has 1 aliphatic carbocycles. The number of hydrogen-bond acceptors (Lipinski definition) is 6. The van der Waals surface area contributed by atoms with Crippen LogP contribution in [0.5, 0.6) is 0 Å². The predicted molar refractivity (Wildman–Crippen MR) is 128 cm³/mol. The fourth-order valence-electron chi connectivity index (χ4n) is 4.34. The smallest absolute Gasteiger partial charge is 0.273 e. The average molecular weight is 447 g/mol. The minimum Gasteiger partial charge on any atom is -0.494 e. The number of aromatic nitrogens is 1. The standard InChI is InChI=1S/C26H30N4O3/c1-17-9-10-24(19-7-5-4-6-8-19)25(29-17)26(31)30-15-21-11-20(21)12-22(30)16-33-18(2)28-14-23(13-27)32-3/h4-10,13-14,20-22H,2,11-12,15-16,27H2,1,3H3/b23-13+,28-14?/t20-,21+,22+/m1/s1. The lowest BCUT2D eigenvalue weighted by molar-refractivity contribution is 0.0426. The van der Waals surface area contributed by atoms with Crippen LogP contribution in [0.1, 0.15) is 29.0 Å². The number of aryl methyl sites for hydroxylation is 1. The van der Waals surface area contributed by atoms with E-state index in [0.29, 0.717) is 29.9 Å². The number of likely N-dealkylation sites (tertiary alicyclic amines) is 1. The van der Waals surface area contributed by atoms with Gasteiger partial charge in [0.15, 0.2) is 5.76 Å². The monoisotopic (exact) mass is 446 g/mol. The Bertz CT molecular complexity index is 1080. The molecule has 1 saturated carbocycles. The molecule has 0 unspecified atom stereocenters. The van der Waals surface area contributed by atoms with Crippen LogP contribution in [0, 0.1) is 18.8 Å². The molecule has 1 amide bonds. The van der Waals surface area contributed by atoms with Crippen molar-refractivity contribution in [1.82, 2.24) is 9.88 Å². The first kappa shape index (κ1) is 22.6. The number of rotatable bonds is 8. The Hall–Kier alpha value is -3.61. The van der Waals surface area contributed by atoms with E-state index < -0.39 is 0 Å². The summed E-state index contributed by atoms with van der Waals surface area (Å²) >= 11 is 0. The molecule has 0 bridgehead atoms. The van der Waals surface area contributed by atoms with Crippen molar-refractivity contribution in [3.05, 3.63) is 78.3 Å². The first-order valence-electron chi connectivity index (χ1n) is 11.2. The summed E-state index contributed by atoms with van der Waals surface area (Å²) in [5.74, 6) is 1.82. The molecule has 0 spiro atoms. The van der Waals surface area contributed by atoms with Gasteiger partial charge < -0.3 is 20.1 Å². The normalized spacial score (nSPS) is 22.1. The maximum Gasteiger partial charge on any atom is 0.273 e. The molecular formula is C26H30N4O3. The Kier molecular flexibility index (Phi) is 6.77. The summed E-state index contributed by atoms with van der Waals surface area (Å²) in [6.45, 7) is 6.80. The van der Waals surface area contributed by atoms with Crippen molar-refractivity contribution in [2.75, 3.05) is 20.3 Å². The lowest BCUT2D eigenvalue weighted by Gasteiger charge is -2.35. The van der Waals surface area contributed by atoms with Crippen LogP contribution in [0.2, 0.25) is 0 Å². The van der Waals surface area contributed by atoms with Gasteiger partial charge in [-0.05, 0) is 49.8 Å². The highest BCUT2D eigenvalue weighted by molar-refractivity contribution is 5.99. The Morgan fingerprint density at radius 2 is 2.03 bits per heavy atom. The Labute approximate surface area is 194 Å². The fourth-order valence-corrected chi connectivity index (χ4v) is 4.34. The first-order chi connectivity index (χ1) is 16.0. The number of carbonyl (C=O) groups excluding carboxylic acids is 1. The highest BCUT2D eigenvalue weighted by Gasteiger charge is 2.47. The van der Waals surface area contributed by atoms with Crippen LogP contribution < -0.4 is 5.73 Å². The summed E-state index contributed by atoms with van der Waals surface area (Å²) in [4.78, 5) is 24.5. The number of benzene rings is 1. The van der Waals surface area contributed by atoms with E-state index in [-0.39, 0.29) is 17.8 Å². The zero-order valence-corrected chi connectivity index (χ0v) is 19.1. The van der Waals surface area contributed by atoms with E-state index in [4.69, 9.17) is 15.2 Å². The van der Waals surface area contributed by atoms with E-state index >= 15 is 0 Å². The SMILES string of the molecule is C=C(N=C/C(=C\N)OC)OC[C@@H]1C[C@H]2C[C@H]2CN1C(=O)c1nc(C)ccc1-c1ccccc1. The molecular weight excluding hydrogens is 416 g/mol. The number of piperidine rings is 1. The van der Waals surface area contributed by atoms with Crippen molar-refractivity contribution in [1.29, 1.82) is 0 Å². The minimum absolute atomic E-state index is 0.0571. The summed E-state index contributed by atoms with van der Waals surface area (Å²) in [5, 5.41) is 0. The maximum atomic E-state index is 13.8. The number of allylic oxidation sites excluding steroid dienone is 1. The lowest BCUT2D eigenvalue weighted by Crippen LogP contribution is -2.47. The van der Waals surface area contributed by atoms with Crippen LogP contribution in [-0.4, -0.2) is 48.3 Å². The highest BCUT2D eigenvalue weighted by Crippen LogP contribution is 2.47. The van der Waals surface area contributed by atoms with Gasteiger partial charge in [-0.3, -0.25) is 4.79 Å². The number of carbonyl (C=O) groups is 1. The molecule has 2 aliphatic rings. The van der Waals surface area contributed by atoms with Gasteiger partial charge >= 0.3 is 0 Å². The second kappa shape index (κ2) is 9.90. The van der Waals surface area contributed by atoms with Gasteiger partial charge in [-0.1, -0.05) is 36.4 Å². The minimum atomic E-state index is -0.0638. The second-order valence-corrected chi connectivity index (χ2v) is 8.55. The van der Waals surface area contributed by atoms with E-state index in [1.807, 2.05) is 54.3 Å². The number of amides is 1. The maximum absolute atomic E-state index is 13.8. The first-order valence-corrected chi connectivity index (χ1v) is 11.2. The summed E-state index contributed by atoms with van der Waals surface area (Å²) < 4.78 is 10.9. The number of hydrogen-bond donors (Lipinski definition) is 1. The Morgan fingerprint density at radius 1 is 1.24 bits per heavy atom. The molecule has 2 N–H and O–H groups in total. The highest BCUT2D eigenvalue weighted by atomic mass is 16.5. The quantitative estimate of drug-likeness (QED) is 0.490. The van der Waals surface area contributed by atoms with E-state index in [1.165, 1.54) is 19.5 Å². The third kappa shape index (κ3) is 5.25. The van der Waals surface area contributed by atoms with Crippen LogP contribution in [0.4, 0.5) is 0 Å². The van der Waals surface area contributed by atoms with Gasteiger partial charge in [0.05, 0.1) is 19.4 Å². The number of ether oxygens (including phenoxy) is 2.